The van der Waals surface area contributed by atoms with Gasteiger partial charge in [-0.15, -0.1) is 12.4 Å². The molecule has 0 aromatic heterocycles. The molecule has 0 aliphatic carbocycles. The Labute approximate surface area is 166 Å². The van der Waals surface area contributed by atoms with Crippen LogP contribution in [-0.4, -0.2) is 35.7 Å². The number of halogens is 1. The zero-order valence-electron chi connectivity index (χ0n) is 15.3. The van der Waals surface area contributed by atoms with Gasteiger partial charge < -0.3 is 15.5 Å². The van der Waals surface area contributed by atoms with Gasteiger partial charge in [-0.05, 0) is 17.5 Å². The maximum absolute atomic E-state index is 12.5. The summed E-state index contributed by atoms with van der Waals surface area (Å²) < 4.78 is 0. The fourth-order valence-corrected chi connectivity index (χ4v) is 3.04. The summed E-state index contributed by atoms with van der Waals surface area (Å²) in [4.78, 5) is 19.8. The minimum Gasteiger partial charge on any atom is -0.391 e. The largest absolute Gasteiger partial charge is 0.391 e. The fourth-order valence-electron chi connectivity index (χ4n) is 3.04. The molecule has 2 aromatic carbocycles. The number of amides is 1. The second-order valence-corrected chi connectivity index (χ2v) is 6.54. The van der Waals surface area contributed by atoms with Gasteiger partial charge in [0.25, 0.3) is 0 Å². The van der Waals surface area contributed by atoms with Crippen LogP contribution in [0.2, 0.25) is 0 Å². The summed E-state index contributed by atoms with van der Waals surface area (Å²) in [5, 5.41) is 4.23. The van der Waals surface area contributed by atoms with Gasteiger partial charge in [0.2, 0.25) is 5.91 Å². The van der Waals surface area contributed by atoms with Crippen LogP contribution in [0.4, 0.5) is 0 Å². The Balaban J connectivity index is 0.00000261. The Morgan fingerprint density at radius 1 is 1.00 bits per heavy atom. The number of hydrogen-bond donors (Lipinski definition) is 1. The second-order valence-electron chi connectivity index (χ2n) is 6.54. The third-order valence-electron chi connectivity index (χ3n) is 4.54. The van der Waals surface area contributed by atoms with E-state index >= 15 is 0 Å². The number of benzene rings is 2. The molecule has 0 radical (unpaired) electrons. The molecular weight excluding hydrogens is 362 g/mol. The number of nitrogens with zero attached hydrogens (tertiary/aromatic N) is 2. The van der Waals surface area contributed by atoms with Crippen molar-refractivity contribution in [1.29, 1.82) is 0 Å². The molecule has 6 heteroatoms. The summed E-state index contributed by atoms with van der Waals surface area (Å²) in [6, 6.07) is 19.3. The van der Waals surface area contributed by atoms with Crippen molar-refractivity contribution in [3.05, 3.63) is 71.8 Å². The van der Waals surface area contributed by atoms with Crippen molar-refractivity contribution in [2.75, 3.05) is 13.1 Å². The second kappa shape index (κ2) is 10.7. The van der Waals surface area contributed by atoms with Crippen LogP contribution < -0.4 is 5.73 Å². The topological polar surface area (TPSA) is 67.9 Å². The quantitative estimate of drug-likeness (QED) is 0.774. The number of nitrogens with two attached hydrogens (primary N) is 1. The van der Waals surface area contributed by atoms with Crippen molar-refractivity contribution in [3.8, 4) is 0 Å². The fraction of sp³-hybridized carbons (Fsp3) is 0.333. The number of piperidine rings is 1. The molecule has 1 amide bonds. The van der Waals surface area contributed by atoms with Crippen molar-refractivity contribution >= 4 is 24.0 Å². The monoisotopic (exact) mass is 387 g/mol. The van der Waals surface area contributed by atoms with Crippen molar-refractivity contribution in [1.82, 2.24) is 4.90 Å². The molecule has 1 atom stereocenters. The Morgan fingerprint density at radius 3 is 2.15 bits per heavy atom. The maximum Gasteiger partial charge on any atom is 0.239 e. The molecule has 1 heterocycles. The summed E-state index contributed by atoms with van der Waals surface area (Å²) >= 11 is 0. The molecule has 5 nitrogen and oxygen atoms in total. The van der Waals surface area contributed by atoms with Crippen molar-refractivity contribution in [3.63, 3.8) is 0 Å². The van der Waals surface area contributed by atoms with Crippen molar-refractivity contribution < 1.29 is 9.63 Å². The molecule has 2 N–H and O–H groups in total. The third kappa shape index (κ3) is 6.38. The van der Waals surface area contributed by atoms with Crippen LogP contribution in [0.3, 0.4) is 0 Å². The van der Waals surface area contributed by atoms with E-state index in [1.807, 2.05) is 65.6 Å². The highest BCUT2D eigenvalue weighted by Crippen LogP contribution is 2.12. The van der Waals surface area contributed by atoms with E-state index < -0.39 is 6.04 Å². The first-order chi connectivity index (χ1) is 12.7. The molecule has 1 saturated heterocycles. The molecule has 1 aliphatic rings. The zero-order valence-corrected chi connectivity index (χ0v) is 16.1. The van der Waals surface area contributed by atoms with E-state index in [0.717, 1.165) is 29.7 Å². The van der Waals surface area contributed by atoms with Gasteiger partial charge in [0.1, 0.15) is 6.61 Å². The Morgan fingerprint density at radius 2 is 1.56 bits per heavy atom. The first-order valence-corrected chi connectivity index (χ1v) is 9.02. The van der Waals surface area contributed by atoms with Crippen LogP contribution in [-0.2, 0) is 22.7 Å². The smallest absolute Gasteiger partial charge is 0.239 e. The predicted octanol–water partition coefficient (Wildman–Crippen LogP) is 3.17. The number of rotatable bonds is 6. The van der Waals surface area contributed by atoms with Gasteiger partial charge >= 0.3 is 0 Å². The summed E-state index contributed by atoms with van der Waals surface area (Å²) in [5.41, 5.74) is 9.29. The normalized spacial score (nSPS) is 14.9. The van der Waals surface area contributed by atoms with Gasteiger partial charge in [-0.3, -0.25) is 4.79 Å². The Hall–Kier alpha value is -2.37. The lowest BCUT2D eigenvalue weighted by molar-refractivity contribution is -0.132. The lowest BCUT2D eigenvalue weighted by Gasteiger charge is -2.29. The average molecular weight is 388 g/mol. The number of hydrogen-bond acceptors (Lipinski definition) is 4. The molecule has 0 spiro atoms. The Kier molecular flexibility index (Phi) is 8.30. The van der Waals surface area contributed by atoms with E-state index in [1.165, 1.54) is 0 Å². The lowest BCUT2D eigenvalue weighted by atomic mass is 10.0. The van der Waals surface area contributed by atoms with Crippen LogP contribution in [0.5, 0.6) is 0 Å². The predicted molar refractivity (Wildman–Crippen MR) is 110 cm³/mol. The third-order valence-corrected chi connectivity index (χ3v) is 4.54. The summed E-state index contributed by atoms with van der Waals surface area (Å²) in [6.07, 6.45) is 2.04. The standard InChI is InChI=1S/C21H25N3O2.ClH/c22-20(15-17-7-3-1-4-8-17)21(25)24-13-11-19(12-14-24)23-26-16-18-9-5-2-6-10-18;/h1-10,20H,11-16,22H2;1H. The SMILES string of the molecule is Cl.NC(Cc1ccccc1)C(=O)N1CCC(=NOCc2ccccc2)CC1. The van der Waals surface area contributed by atoms with Crippen LogP contribution in [0.1, 0.15) is 24.0 Å². The van der Waals surface area contributed by atoms with E-state index in [4.69, 9.17) is 10.6 Å². The molecule has 2 aromatic rings. The van der Waals surface area contributed by atoms with Gasteiger partial charge in [0.05, 0.1) is 11.8 Å². The lowest BCUT2D eigenvalue weighted by Crippen LogP contribution is -2.48. The molecular formula is C21H26ClN3O2. The van der Waals surface area contributed by atoms with E-state index in [1.54, 1.807) is 0 Å². The van der Waals surface area contributed by atoms with Crippen LogP contribution in [0.25, 0.3) is 0 Å². The van der Waals surface area contributed by atoms with Gasteiger partial charge in [-0.2, -0.15) is 0 Å². The molecule has 1 unspecified atom stereocenters. The minimum atomic E-state index is -0.495. The summed E-state index contributed by atoms with van der Waals surface area (Å²) in [6.45, 7) is 1.76. The van der Waals surface area contributed by atoms with E-state index in [-0.39, 0.29) is 18.3 Å². The summed E-state index contributed by atoms with van der Waals surface area (Å²) in [5.74, 6) is 0.0121. The maximum atomic E-state index is 12.5. The van der Waals surface area contributed by atoms with E-state index in [9.17, 15) is 4.79 Å². The van der Waals surface area contributed by atoms with E-state index in [2.05, 4.69) is 5.16 Å². The van der Waals surface area contributed by atoms with Gasteiger partial charge in [-0.25, -0.2) is 0 Å². The van der Waals surface area contributed by atoms with Gasteiger partial charge in [-0.1, -0.05) is 65.8 Å². The molecule has 1 aliphatic heterocycles. The zero-order chi connectivity index (χ0) is 18.2. The Bertz CT molecular complexity index is 728. The summed E-state index contributed by atoms with van der Waals surface area (Å²) in [7, 11) is 0. The number of carbonyl (C=O) groups excluding carboxylic acids is 1. The highest BCUT2D eigenvalue weighted by Gasteiger charge is 2.24. The molecule has 0 bridgehead atoms. The van der Waals surface area contributed by atoms with Crippen LogP contribution in [0, 0.1) is 0 Å². The van der Waals surface area contributed by atoms with Gasteiger partial charge in [0, 0.05) is 25.9 Å². The van der Waals surface area contributed by atoms with Crippen LogP contribution >= 0.6 is 12.4 Å². The van der Waals surface area contributed by atoms with Crippen LogP contribution in [0.15, 0.2) is 65.8 Å². The molecule has 144 valence electrons. The van der Waals surface area contributed by atoms with Crippen molar-refractivity contribution in [2.24, 2.45) is 10.9 Å². The minimum absolute atomic E-state index is 0. The number of oxime groups is 1. The first kappa shape index (κ1) is 20.9. The first-order valence-electron chi connectivity index (χ1n) is 9.02. The molecule has 3 rings (SSSR count). The molecule has 0 saturated carbocycles. The molecule has 1 fully saturated rings. The van der Waals surface area contributed by atoms with Gasteiger partial charge in [0.15, 0.2) is 0 Å². The highest BCUT2D eigenvalue weighted by molar-refractivity contribution is 5.88. The number of carbonyl (C=O) groups is 1. The average Bonchev–Trinajstić information content (AvgIpc) is 2.69. The number of likely N-dealkylation sites (tertiary alicyclic amines) is 1. The molecule has 27 heavy (non-hydrogen) atoms. The highest BCUT2D eigenvalue weighted by atomic mass is 35.5. The van der Waals surface area contributed by atoms with Crippen molar-refractivity contribution in [2.45, 2.75) is 31.9 Å². The van der Waals surface area contributed by atoms with E-state index in [0.29, 0.717) is 26.1 Å².